The van der Waals surface area contributed by atoms with E-state index in [2.05, 4.69) is 0 Å². The van der Waals surface area contributed by atoms with E-state index >= 15 is 0 Å². The van der Waals surface area contributed by atoms with Gasteiger partial charge in [0.15, 0.2) is 0 Å². The van der Waals surface area contributed by atoms with Crippen LogP contribution in [0.5, 0.6) is 0 Å². The number of rotatable bonds is 2. The van der Waals surface area contributed by atoms with Gasteiger partial charge >= 0.3 is 6.09 Å². The Labute approximate surface area is 141 Å². The summed E-state index contributed by atoms with van der Waals surface area (Å²) >= 11 is 0. The number of hydrogen-bond donors (Lipinski definition) is 1. The molecule has 134 valence electrons. The number of halogens is 2. The van der Waals surface area contributed by atoms with Crippen LogP contribution < -0.4 is 10.6 Å². The van der Waals surface area contributed by atoms with Crippen LogP contribution in [0.3, 0.4) is 0 Å². The molecule has 1 aliphatic heterocycles. The van der Waals surface area contributed by atoms with E-state index in [1.807, 2.05) is 32.6 Å². The third-order valence-corrected chi connectivity index (χ3v) is 3.84. The van der Waals surface area contributed by atoms with E-state index in [4.69, 9.17) is 10.5 Å². The van der Waals surface area contributed by atoms with Gasteiger partial charge in [-0.1, -0.05) is 0 Å². The monoisotopic (exact) mass is 341 g/mol. The van der Waals surface area contributed by atoms with Crippen LogP contribution in [-0.4, -0.2) is 42.3 Å². The van der Waals surface area contributed by atoms with Crippen LogP contribution in [0.1, 0.15) is 39.7 Å². The van der Waals surface area contributed by atoms with Gasteiger partial charge in [-0.25, -0.2) is 13.6 Å². The molecule has 1 aromatic rings. The van der Waals surface area contributed by atoms with E-state index in [-0.39, 0.29) is 17.7 Å². The molecular formula is C17H25F2N3O2. The Kier molecular flexibility index (Phi) is 5.20. The lowest BCUT2D eigenvalue weighted by Gasteiger charge is -2.41. The maximum Gasteiger partial charge on any atom is 0.410 e. The van der Waals surface area contributed by atoms with Gasteiger partial charge in [-0.2, -0.15) is 0 Å². The van der Waals surface area contributed by atoms with Crippen molar-refractivity contribution in [3.05, 3.63) is 23.8 Å². The van der Waals surface area contributed by atoms with Gasteiger partial charge in [-0.05, 0) is 45.9 Å². The average Bonchev–Trinajstić information content (AvgIpc) is 2.44. The van der Waals surface area contributed by atoms with Crippen LogP contribution in [0.15, 0.2) is 18.2 Å². The molecule has 0 bridgehead atoms. The third-order valence-electron chi connectivity index (χ3n) is 3.84. The zero-order valence-corrected chi connectivity index (χ0v) is 14.6. The third kappa shape index (κ3) is 4.49. The minimum atomic E-state index is -2.56. The van der Waals surface area contributed by atoms with Crippen molar-refractivity contribution in [3.63, 3.8) is 0 Å². The minimum Gasteiger partial charge on any atom is -0.444 e. The van der Waals surface area contributed by atoms with Gasteiger partial charge in [0.05, 0.1) is 0 Å². The summed E-state index contributed by atoms with van der Waals surface area (Å²) in [7, 11) is 0. The summed E-state index contributed by atoms with van der Waals surface area (Å²) < 4.78 is 31.3. The molecule has 0 saturated carbocycles. The van der Waals surface area contributed by atoms with Crippen molar-refractivity contribution in [1.82, 2.24) is 4.90 Å². The summed E-state index contributed by atoms with van der Waals surface area (Å²) in [5.74, 6) is 0. The summed E-state index contributed by atoms with van der Waals surface area (Å²) in [6.45, 7) is 8.92. The number of ether oxygens (including phenoxy) is 1. The first-order valence-corrected chi connectivity index (χ1v) is 8.00. The molecule has 2 rings (SSSR count). The Bertz CT molecular complexity index is 602. The standard InChI is InChI=1S/C17H25F2N3O2/c1-11-10-21(5-6-22(11)16(23)24-17(2,3)4)14-8-12(15(18)19)7-13(20)9-14/h7-9,11,15H,5-6,10,20H2,1-4H3/t11-/m1/s1. The zero-order chi connectivity index (χ0) is 18.1. The Morgan fingerprint density at radius 3 is 2.50 bits per heavy atom. The molecular weight excluding hydrogens is 316 g/mol. The lowest BCUT2D eigenvalue weighted by Crippen LogP contribution is -2.55. The van der Waals surface area contributed by atoms with E-state index in [9.17, 15) is 13.6 Å². The van der Waals surface area contributed by atoms with Crippen LogP contribution in [0.4, 0.5) is 25.0 Å². The van der Waals surface area contributed by atoms with Crippen molar-refractivity contribution in [2.45, 2.75) is 45.8 Å². The van der Waals surface area contributed by atoms with Gasteiger partial charge < -0.3 is 20.3 Å². The van der Waals surface area contributed by atoms with Crippen molar-refractivity contribution in [2.75, 3.05) is 30.3 Å². The summed E-state index contributed by atoms with van der Waals surface area (Å²) in [6.07, 6.45) is -2.91. The molecule has 1 atom stereocenters. The molecule has 2 N–H and O–H groups in total. The number of carbonyl (C=O) groups excluding carboxylic acids is 1. The summed E-state index contributed by atoms with van der Waals surface area (Å²) in [4.78, 5) is 15.9. The molecule has 0 aromatic heterocycles. The molecule has 1 heterocycles. The number of nitrogens with zero attached hydrogens (tertiary/aromatic N) is 2. The predicted octanol–water partition coefficient (Wildman–Crippen LogP) is 3.65. The second kappa shape index (κ2) is 6.83. The topological polar surface area (TPSA) is 58.8 Å². The molecule has 5 nitrogen and oxygen atoms in total. The first-order chi connectivity index (χ1) is 11.1. The van der Waals surface area contributed by atoms with Crippen LogP contribution in [-0.2, 0) is 4.74 Å². The second-order valence-electron chi connectivity index (χ2n) is 7.13. The van der Waals surface area contributed by atoms with Crippen LogP contribution in [0.2, 0.25) is 0 Å². The van der Waals surface area contributed by atoms with E-state index in [0.717, 1.165) is 0 Å². The van der Waals surface area contributed by atoms with Crippen molar-refractivity contribution < 1.29 is 18.3 Å². The second-order valence-corrected chi connectivity index (χ2v) is 7.13. The number of hydrogen-bond acceptors (Lipinski definition) is 4. The van der Waals surface area contributed by atoms with Crippen LogP contribution >= 0.6 is 0 Å². The molecule has 0 radical (unpaired) electrons. The predicted molar refractivity (Wildman–Crippen MR) is 90.4 cm³/mol. The Morgan fingerprint density at radius 2 is 1.96 bits per heavy atom. The molecule has 0 aliphatic carbocycles. The lowest BCUT2D eigenvalue weighted by atomic mass is 10.1. The molecule has 1 saturated heterocycles. The molecule has 1 aromatic carbocycles. The highest BCUT2D eigenvalue weighted by Crippen LogP contribution is 2.29. The van der Waals surface area contributed by atoms with Crippen LogP contribution in [0, 0.1) is 0 Å². The largest absolute Gasteiger partial charge is 0.444 e. The fraction of sp³-hybridized carbons (Fsp3) is 0.588. The van der Waals surface area contributed by atoms with Crippen LogP contribution in [0.25, 0.3) is 0 Å². The van der Waals surface area contributed by atoms with Gasteiger partial charge in [0.2, 0.25) is 0 Å². The molecule has 1 fully saturated rings. The van der Waals surface area contributed by atoms with Crippen molar-refractivity contribution >= 4 is 17.5 Å². The highest BCUT2D eigenvalue weighted by Gasteiger charge is 2.31. The SMILES string of the molecule is C[C@@H]1CN(c2cc(N)cc(C(F)F)c2)CCN1C(=O)OC(C)(C)C. The van der Waals surface area contributed by atoms with Crippen molar-refractivity contribution in [1.29, 1.82) is 0 Å². The quantitative estimate of drug-likeness (QED) is 0.834. The molecule has 0 unspecified atom stereocenters. The van der Waals surface area contributed by atoms with Crippen molar-refractivity contribution in [3.8, 4) is 0 Å². The minimum absolute atomic E-state index is 0.0905. The smallest absolute Gasteiger partial charge is 0.410 e. The maximum absolute atomic E-state index is 13.0. The van der Waals surface area contributed by atoms with E-state index in [0.29, 0.717) is 31.0 Å². The Morgan fingerprint density at radius 1 is 1.29 bits per heavy atom. The Hall–Kier alpha value is -2.05. The lowest BCUT2D eigenvalue weighted by molar-refractivity contribution is 0.0159. The maximum atomic E-state index is 13.0. The molecule has 1 aliphatic rings. The molecule has 24 heavy (non-hydrogen) atoms. The summed E-state index contributed by atoms with van der Waals surface area (Å²) in [5, 5.41) is 0. The number of alkyl halides is 2. The highest BCUT2D eigenvalue weighted by molar-refractivity contribution is 5.69. The first kappa shape index (κ1) is 18.3. The van der Waals surface area contributed by atoms with E-state index in [1.54, 1.807) is 11.0 Å². The molecule has 1 amide bonds. The first-order valence-electron chi connectivity index (χ1n) is 8.00. The molecule has 7 heteroatoms. The van der Waals surface area contributed by atoms with Crippen molar-refractivity contribution in [2.24, 2.45) is 0 Å². The van der Waals surface area contributed by atoms with Gasteiger partial charge in [0.25, 0.3) is 6.43 Å². The molecule has 0 spiro atoms. The number of anilines is 2. The van der Waals surface area contributed by atoms with E-state index < -0.39 is 12.0 Å². The van der Waals surface area contributed by atoms with E-state index in [1.165, 1.54) is 12.1 Å². The average molecular weight is 341 g/mol. The Balaban J connectivity index is 2.09. The normalized spacial score (nSPS) is 18.9. The van der Waals surface area contributed by atoms with Gasteiger partial charge in [-0.3, -0.25) is 0 Å². The van der Waals surface area contributed by atoms with Gasteiger partial charge in [0, 0.05) is 42.6 Å². The number of nitrogens with two attached hydrogens (primary N) is 1. The fourth-order valence-corrected chi connectivity index (χ4v) is 2.75. The number of amides is 1. The number of nitrogen functional groups attached to an aromatic ring is 1. The zero-order valence-electron chi connectivity index (χ0n) is 14.6. The van der Waals surface area contributed by atoms with Gasteiger partial charge in [0.1, 0.15) is 5.60 Å². The highest BCUT2D eigenvalue weighted by atomic mass is 19.3. The van der Waals surface area contributed by atoms with Gasteiger partial charge in [-0.15, -0.1) is 0 Å². The summed E-state index contributed by atoms with van der Waals surface area (Å²) in [5.41, 5.74) is 6.06. The number of carbonyl (C=O) groups is 1. The summed E-state index contributed by atoms with van der Waals surface area (Å²) in [6, 6.07) is 4.33. The fourth-order valence-electron chi connectivity index (χ4n) is 2.75. The number of benzene rings is 1. The number of piperazine rings is 1.